The number of carbonyl (C=O) groups excluding carboxylic acids is 1. The zero-order valence-electron chi connectivity index (χ0n) is 16.3. The second kappa shape index (κ2) is 10.7. The fraction of sp³-hybridized carbons (Fsp3) is 0.381. The van der Waals surface area contributed by atoms with Gasteiger partial charge in [0.2, 0.25) is 5.91 Å². The molecule has 156 valence electrons. The van der Waals surface area contributed by atoms with Gasteiger partial charge in [-0.2, -0.15) is 0 Å². The largest absolute Gasteiger partial charge is 0.494 e. The molecule has 1 heterocycles. The van der Waals surface area contributed by atoms with E-state index in [1.165, 1.54) is 0 Å². The second-order valence-corrected chi connectivity index (χ2v) is 10.7. The van der Waals surface area contributed by atoms with Crippen molar-refractivity contribution in [3.8, 4) is 5.75 Å². The summed E-state index contributed by atoms with van der Waals surface area (Å²) in [7, 11) is 3.67. The molecule has 2 atom stereocenters. The number of nitrogens with zero attached hydrogens (tertiary/aromatic N) is 1. The third-order valence-electron chi connectivity index (χ3n) is 5.00. The number of carbonyl (C=O) groups is 1. The topological polar surface area (TPSA) is 41.6 Å². The quantitative estimate of drug-likeness (QED) is 0.391. The van der Waals surface area contributed by atoms with Crippen LogP contribution in [0.1, 0.15) is 23.7 Å². The molecule has 1 fully saturated rings. The number of hydrogen-bond acceptors (Lipinski definition) is 4. The first-order valence-corrected chi connectivity index (χ1v) is 12.6. The van der Waals surface area contributed by atoms with E-state index in [1.54, 1.807) is 18.9 Å². The minimum Gasteiger partial charge on any atom is -0.494 e. The van der Waals surface area contributed by atoms with Crippen LogP contribution in [0.4, 0.5) is 0 Å². The van der Waals surface area contributed by atoms with Crippen molar-refractivity contribution >= 4 is 65.5 Å². The summed E-state index contributed by atoms with van der Waals surface area (Å²) in [6.45, 7) is 1.49. The Kier molecular flexibility index (Phi) is 8.51. The Morgan fingerprint density at radius 2 is 2.00 bits per heavy atom. The standard InChI is InChI=1S/C21H23Br3N2O2S/c1-26-10-6-9-16(26)21(27)25-12-17(29-13-7-4-3-5-8-13)18-14(22)11-15(23)20(28-2)19(18)24/h3-5,7-8,11,16-17H,6,9-10,12H2,1-2H3,(H,25,27)/t16-,17?/m0/s1. The molecule has 1 amide bonds. The van der Waals surface area contributed by atoms with Gasteiger partial charge in [0.25, 0.3) is 0 Å². The Morgan fingerprint density at radius 1 is 1.28 bits per heavy atom. The van der Waals surface area contributed by atoms with Crippen molar-refractivity contribution in [1.29, 1.82) is 0 Å². The van der Waals surface area contributed by atoms with Crippen LogP contribution in [0, 0.1) is 0 Å². The molecule has 0 bridgehead atoms. The molecule has 0 aliphatic carbocycles. The van der Waals surface area contributed by atoms with E-state index in [1.807, 2.05) is 31.3 Å². The first-order chi connectivity index (χ1) is 13.9. The summed E-state index contributed by atoms with van der Waals surface area (Å²) in [5, 5.41) is 3.18. The van der Waals surface area contributed by atoms with Crippen LogP contribution in [0.3, 0.4) is 0 Å². The molecule has 2 aromatic rings. The molecule has 3 rings (SSSR count). The number of benzene rings is 2. The van der Waals surface area contributed by atoms with Gasteiger partial charge < -0.3 is 10.1 Å². The highest BCUT2D eigenvalue weighted by Crippen LogP contribution is 2.47. The number of nitrogens with one attached hydrogen (secondary N) is 1. The van der Waals surface area contributed by atoms with Crippen molar-refractivity contribution in [3.05, 3.63) is 55.4 Å². The fourth-order valence-corrected chi connectivity index (χ4v) is 7.96. The third kappa shape index (κ3) is 5.58. The number of hydrogen-bond donors (Lipinski definition) is 1. The van der Waals surface area contributed by atoms with Gasteiger partial charge >= 0.3 is 0 Å². The van der Waals surface area contributed by atoms with Crippen molar-refractivity contribution in [2.24, 2.45) is 0 Å². The number of ether oxygens (including phenoxy) is 1. The van der Waals surface area contributed by atoms with Gasteiger partial charge in [-0.15, -0.1) is 11.8 Å². The van der Waals surface area contributed by atoms with Crippen molar-refractivity contribution in [2.45, 2.75) is 29.0 Å². The summed E-state index contributed by atoms with van der Waals surface area (Å²) < 4.78 is 8.27. The van der Waals surface area contributed by atoms with Crippen LogP contribution < -0.4 is 10.1 Å². The molecule has 29 heavy (non-hydrogen) atoms. The highest BCUT2D eigenvalue weighted by molar-refractivity contribution is 9.11. The van der Waals surface area contributed by atoms with Gasteiger partial charge in [0.15, 0.2) is 0 Å². The van der Waals surface area contributed by atoms with Crippen LogP contribution in [0.5, 0.6) is 5.75 Å². The number of methoxy groups -OCH3 is 1. The number of amides is 1. The maximum Gasteiger partial charge on any atom is 0.237 e. The van der Waals surface area contributed by atoms with E-state index in [4.69, 9.17) is 4.74 Å². The minimum atomic E-state index is -0.0382. The first-order valence-electron chi connectivity index (χ1n) is 9.33. The van der Waals surface area contributed by atoms with Gasteiger partial charge in [-0.25, -0.2) is 0 Å². The van der Waals surface area contributed by atoms with E-state index in [0.29, 0.717) is 6.54 Å². The van der Waals surface area contributed by atoms with Crippen molar-refractivity contribution in [2.75, 3.05) is 27.2 Å². The average molecular weight is 607 g/mol. The van der Waals surface area contributed by atoms with Crippen LogP contribution in [-0.4, -0.2) is 44.1 Å². The zero-order chi connectivity index (χ0) is 21.0. The number of likely N-dealkylation sites (tertiary alicyclic amines) is 1. The van der Waals surface area contributed by atoms with Crippen molar-refractivity contribution in [1.82, 2.24) is 10.2 Å². The Morgan fingerprint density at radius 3 is 2.62 bits per heavy atom. The molecule has 0 saturated carbocycles. The second-order valence-electron chi connectivity index (χ2n) is 6.90. The van der Waals surface area contributed by atoms with Gasteiger partial charge in [-0.1, -0.05) is 34.1 Å². The lowest BCUT2D eigenvalue weighted by Gasteiger charge is -2.24. The van der Waals surface area contributed by atoms with Crippen LogP contribution in [0.15, 0.2) is 54.7 Å². The Balaban J connectivity index is 1.88. The molecule has 1 N–H and O–H groups in total. The van der Waals surface area contributed by atoms with E-state index < -0.39 is 0 Å². The molecule has 0 radical (unpaired) electrons. The first kappa shape index (κ1) is 23.1. The number of thioether (sulfide) groups is 1. The predicted molar refractivity (Wildman–Crippen MR) is 130 cm³/mol. The number of likely N-dealkylation sites (N-methyl/N-ethyl adjacent to an activating group) is 1. The fourth-order valence-electron chi connectivity index (χ4n) is 3.49. The Bertz CT molecular complexity index is 867. The van der Waals surface area contributed by atoms with Gasteiger partial charge in [0.05, 0.1) is 27.3 Å². The molecule has 1 saturated heterocycles. The van der Waals surface area contributed by atoms with E-state index in [2.05, 4.69) is 70.1 Å². The van der Waals surface area contributed by atoms with Crippen LogP contribution in [0.25, 0.3) is 0 Å². The molecule has 4 nitrogen and oxygen atoms in total. The normalized spacial score (nSPS) is 17.9. The summed E-state index contributed by atoms with van der Waals surface area (Å²) in [5.41, 5.74) is 1.05. The van der Waals surface area contributed by atoms with Crippen LogP contribution in [-0.2, 0) is 4.79 Å². The highest BCUT2D eigenvalue weighted by atomic mass is 79.9. The van der Waals surface area contributed by atoms with Crippen LogP contribution in [0.2, 0.25) is 0 Å². The Hall–Kier alpha value is -0.540. The smallest absolute Gasteiger partial charge is 0.237 e. The molecule has 0 aromatic heterocycles. The summed E-state index contributed by atoms with van der Waals surface area (Å²) in [6.07, 6.45) is 1.98. The maximum atomic E-state index is 12.8. The maximum absolute atomic E-state index is 12.8. The highest BCUT2D eigenvalue weighted by Gasteiger charge is 2.29. The average Bonchev–Trinajstić information content (AvgIpc) is 3.12. The van der Waals surface area contributed by atoms with Crippen molar-refractivity contribution in [3.63, 3.8) is 0 Å². The van der Waals surface area contributed by atoms with E-state index in [-0.39, 0.29) is 17.2 Å². The predicted octanol–water partition coefficient (Wildman–Crippen LogP) is 6.03. The SMILES string of the molecule is COc1c(Br)cc(Br)c(C(CNC(=O)[C@@H]2CCCN2C)Sc2ccccc2)c1Br. The molecule has 8 heteroatoms. The van der Waals surface area contributed by atoms with Gasteiger partial charge in [-0.05, 0) is 82.1 Å². The monoisotopic (exact) mass is 604 g/mol. The number of halogens is 3. The summed E-state index contributed by atoms with van der Waals surface area (Å²) in [6, 6.07) is 12.2. The van der Waals surface area contributed by atoms with Gasteiger partial charge in [0, 0.05) is 15.9 Å². The van der Waals surface area contributed by atoms with Crippen LogP contribution >= 0.6 is 59.6 Å². The van der Waals surface area contributed by atoms with E-state index >= 15 is 0 Å². The lowest BCUT2D eigenvalue weighted by molar-refractivity contribution is -0.125. The van der Waals surface area contributed by atoms with Gasteiger partial charge in [0.1, 0.15) is 5.75 Å². The minimum absolute atomic E-state index is 0.00110. The summed E-state index contributed by atoms with van der Waals surface area (Å²) in [4.78, 5) is 16.0. The molecule has 1 aliphatic heterocycles. The molecule has 1 unspecified atom stereocenters. The summed E-state index contributed by atoms with van der Waals surface area (Å²) in [5.74, 6) is 0.837. The molecular formula is C21H23Br3N2O2S. The molecule has 0 spiro atoms. The lowest BCUT2D eigenvalue weighted by atomic mass is 10.1. The lowest BCUT2D eigenvalue weighted by Crippen LogP contribution is -2.42. The van der Waals surface area contributed by atoms with Gasteiger partial charge in [-0.3, -0.25) is 9.69 Å². The molecular weight excluding hydrogens is 584 g/mol. The van der Waals surface area contributed by atoms with E-state index in [0.717, 1.165) is 49.0 Å². The number of rotatable bonds is 7. The summed E-state index contributed by atoms with van der Waals surface area (Å²) >= 11 is 12.7. The Labute approximate surface area is 201 Å². The molecule has 1 aliphatic rings. The zero-order valence-corrected chi connectivity index (χ0v) is 21.8. The van der Waals surface area contributed by atoms with Crippen molar-refractivity contribution < 1.29 is 9.53 Å². The van der Waals surface area contributed by atoms with E-state index in [9.17, 15) is 4.79 Å². The third-order valence-corrected chi connectivity index (χ3v) is 8.26. The molecule has 2 aromatic carbocycles.